The zero-order valence-corrected chi connectivity index (χ0v) is 8.25. The molecule has 0 unspecified atom stereocenters. The average Bonchev–Trinajstić information content (AvgIpc) is 2.74. The summed E-state index contributed by atoms with van der Waals surface area (Å²) in [5.41, 5.74) is 0. The Balaban J connectivity index is 2.17. The van der Waals surface area contributed by atoms with Crippen molar-refractivity contribution < 1.29 is 13.9 Å². The van der Waals surface area contributed by atoms with Crippen LogP contribution in [0, 0.1) is 12.0 Å². The van der Waals surface area contributed by atoms with Gasteiger partial charge in [0.1, 0.15) is 4.88 Å². The first-order chi connectivity index (χ1) is 7.27. The Bertz CT molecular complexity index is 470. The Labute approximate surface area is 89.2 Å². The molecule has 5 heteroatoms. The van der Waals surface area contributed by atoms with Crippen LogP contribution in [-0.4, -0.2) is 11.0 Å². The second-order valence-corrected chi connectivity index (χ2v) is 3.56. The van der Waals surface area contributed by atoms with E-state index in [1.54, 1.807) is 17.5 Å². The molecule has 0 aromatic carbocycles. The van der Waals surface area contributed by atoms with Crippen molar-refractivity contribution in [3.8, 4) is 5.75 Å². The lowest BCUT2D eigenvalue weighted by Crippen LogP contribution is -2.07. The van der Waals surface area contributed by atoms with Crippen molar-refractivity contribution in [2.24, 2.45) is 0 Å². The van der Waals surface area contributed by atoms with Crippen molar-refractivity contribution in [1.82, 2.24) is 4.98 Å². The third-order valence-corrected chi connectivity index (χ3v) is 2.46. The molecule has 0 aliphatic heterocycles. The van der Waals surface area contributed by atoms with Crippen molar-refractivity contribution in [3.05, 3.63) is 46.7 Å². The number of rotatable bonds is 2. The fourth-order valence-corrected chi connectivity index (χ4v) is 1.54. The molecule has 0 N–H and O–H groups in total. The number of hydrogen-bond donors (Lipinski definition) is 0. The van der Waals surface area contributed by atoms with E-state index >= 15 is 0 Å². The zero-order valence-electron chi connectivity index (χ0n) is 7.44. The lowest BCUT2D eigenvalue weighted by atomic mass is 10.4. The number of thiophene rings is 1. The van der Waals surface area contributed by atoms with Crippen LogP contribution in [0.25, 0.3) is 0 Å². The lowest BCUT2D eigenvalue weighted by Gasteiger charge is -2.02. The van der Waals surface area contributed by atoms with Crippen molar-refractivity contribution in [1.29, 1.82) is 0 Å². The summed E-state index contributed by atoms with van der Waals surface area (Å²) in [5, 5.41) is 1.74. The minimum atomic E-state index is -0.682. The van der Waals surface area contributed by atoms with Crippen molar-refractivity contribution >= 4 is 17.3 Å². The van der Waals surface area contributed by atoms with Gasteiger partial charge < -0.3 is 4.74 Å². The van der Waals surface area contributed by atoms with Crippen molar-refractivity contribution in [3.63, 3.8) is 0 Å². The average molecular weight is 222 g/mol. The summed E-state index contributed by atoms with van der Waals surface area (Å²) in [6.07, 6.45) is 3.33. The molecule has 2 aromatic rings. The minimum Gasteiger partial charge on any atom is -0.419 e. The first-order valence-corrected chi connectivity index (χ1v) is 4.92. The molecule has 0 aliphatic rings. The van der Waals surface area contributed by atoms with E-state index in [4.69, 9.17) is 4.74 Å². The molecule has 0 atom stereocenters. The highest BCUT2D eigenvalue weighted by atomic mass is 32.1. The lowest BCUT2D eigenvalue weighted by molar-refractivity contribution is 0.0732. The van der Waals surface area contributed by atoms with Gasteiger partial charge in [-0.05, 0) is 11.4 Å². The van der Waals surface area contributed by atoms with E-state index in [2.05, 4.69) is 11.2 Å². The Morgan fingerprint density at radius 3 is 3.13 bits per heavy atom. The van der Waals surface area contributed by atoms with E-state index in [-0.39, 0.29) is 5.75 Å². The number of carbonyl (C=O) groups is 1. The summed E-state index contributed by atoms with van der Waals surface area (Å²) in [6.45, 7) is 0. The molecule has 75 valence electrons. The fourth-order valence-electron chi connectivity index (χ4n) is 0.945. The van der Waals surface area contributed by atoms with E-state index in [0.717, 1.165) is 6.20 Å². The van der Waals surface area contributed by atoms with Crippen molar-refractivity contribution in [2.45, 2.75) is 0 Å². The quantitative estimate of drug-likeness (QED) is 0.732. The summed E-state index contributed by atoms with van der Waals surface area (Å²) in [4.78, 5) is 15.3. The molecular weight excluding hydrogens is 217 g/mol. The summed E-state index contributed by atoms with van der Waals surface area (Å²) in [6, 6.07) is 4.51. The standard InChI is InChI=1S/C10H5FNO2S/c11-7-6-12-4-3-8(7)14-10(13)9-2-1-5-15-9/h1-3,5-6H. The normalized spacial score (nSPS) is 9.93. The molecule has 0 aliphatic carbocycles. The topological polar surface area (TPSA) is 39.2 Å². The third kappa shape index (κ3) is 2.19. The predicted octanol–water partition coefficient (Wildman–Crippen LogP) is 2.30. The molecule has 0 saturated heterocycles. The summed E-state index contributed by atoms with van der Waals surface area (Å²) >= 11 is 1.23. The number of hydrogen-bond acceptors (Lipinski definition) is 4. The highest BCUT2D eigenvalue weighted by Gasteiger charge is 2.12. The van der Waals surface area contributed by atoms with Crippen LogP contribution in [-0.2, 0) is 0 Å². The molecule has 0 fully saturated rings. The predicted molar refractivity (Wildman–Crippen MR) is 52.3 cm³/mol. The molecule has 2 aromatic heterocycles. The van der Waals surface area contributed by atoms with E-state index in [9.17, 15) is 9.18 Å². The van der Waals surface area contributed by atoms with Crippen molar-refractivity contribution in [2.75, 3.05) is 0 Å². The third-order valence-electron chi connectivity index (χ3n) is 1.61. The first-order valence-electron chi connectivity index (χ1n) is 4.04. The monoisotopic (exact) mass is 222 g/mol. The van der Waals surface area contributed by atoms with E-state index < -0.39 is 11.8 Å². The number of halogens is 1. The van der Waals surface area contributed by atoms with E-state index in [1.807, 2.05) is 0 Å². The molecule has 2 rings (SSSR count). The number of pyridine rings is 1. The SMILES string of the molecule is O=C(Oc1c[c]ncc1F)c1cccs1. The molecule has 2 heterocycles. The fraction of sp³-hybridized carbons (Fsp3) is 0. The van der Waals surface area contributed by atoms with Gasteiger partial charge in [0.25, 0.3) is 0 Å². The van der Waals surface area contributed by atoms with Crippen LogP contribution < -0.4 is 4.74 Å². The largest absolute Gasteiger partial charge is 0.419 e. The molecule has 0 amide bonds. The molecule has 0 bridgehead atoms. The van der Waals surface area contributed by atoms with Gasteiger partial charge in [-0.3, -0.25) is 4.98 Å². The van der Waals surface area contributed by atoms with Gasteiger partial charge in [-0.2, -0.15) is 0 Å². The van der Waals surface area contributed by atoms with Crippen LogP contribution in [0.2, 0.25) is 0 Å². The molecule has 0 spiro atoms. The smallest absolute Gasteiger partial charge is 0.353 e. The molecule has 3 nitrogen and oxygen atoms in total. The second-order valence-electron chi connectivity index (χ2n) is 2.61. The van der Waals surface area contributed by atoms with Crippen LogP contribution in [0.5, 0.6) is 5.75 Å². The van der Waals surface area contributed by atoms with Crippen LogP contribution in [0.1, 0.15) is 9.67 Å². The molecule has 0 saturated carbocycles. The molecular formula is C10H5FNO2S. The minimum absolute atomic E-state index is 0.164. The number of aromatic nitrogens is 1. The molecule has 15 heavy (non-hydrogen) atoms. The van der Waals surface area contributed by atoms with Gasteiger partial charge in [-0.25, -0.2) is 9.18 Å². The zero-order chi connectivity index (χ0) is 10.7. The Kier molecular flexibility index (Phi) is 2.73. The van der Waals surface area contributed by atoms with Gasteiger partial charge in [-0.1, -0.05) is 6.07 Å². The summed E-state index contributed by atoms with van der Waals surface area (Å²) in [7, 11) is 0. The van der Waals surface area contributed by atoms with Crippen LogP contribution >= 0.6 is 11.3 Å². The first kappa shape index (κ1) is 9.79. The van der Waals surface area contributed by atoms with E-state index in [1.165, 1.54) is 17.4 Å². The van der Waals surface area contributed by atoms with Crippen LogP contribution in [0.15, 0.2) is 29.8 Å². The Morgan fingerprint density at radius 2 is 2.47 bits per heavy atom. The molecule has 1 radical (unpaired) electrons. The summed E-state index contributed by atoms with van der Waals surface area (Å²) < 4.78 is 17.9. The maximum absolute atomic E-state index is 13.0. The van der Waals surface area contributed by atoms with Gasteiger partial charge in [-0.15, -0.1) is 11.3 Å². The highest BCUT2D eigenvalue weighted by Crippen LogP contribution is 2.17. The number of ether oxygens (including phenoxy) is 1. The second kappa shape index (κ2) is 4.18. The number of carbonyl (C=O) groups excluding carboxylic acids is 1. The number of nitrogens with zero attached hydrogens (tertiary/aromatic N) is 1. The van der Waals surface area contributed by atoms with Gasteiger partial charge in [0.05, 0.1) is 12.4 Å². The maximum atomic E-state index is 13.0. The van der Waals surface area contributed by atoms with E-state index in [0.29, 0.717) is 4.88 Å². The Hall–Kier alpha value is -1.75. The van der Waals surface area contributed by atoms with Gasteiger partial charge >= 0.3 is 5.97 Å². The number of esters is 1. The van der Waals surface area contributed by atoms with Gasteiger partial charge in [0.15, 0.2) is 11.6 Å². The highest BCUT2D eigenvalue weighted by molar-refractivity contribution is 7.12. The summed E-state index contributed by atoms with van der Waals surface area (Å²) in [5.74, 6) is -1.43. The van der Waals surface area contributed by atoms with Crippen LogP contribution in [0.4, 0.5) is 4.39 Å². The maximum Gasteiger partial charge on any atom is 0.353 e. The van der Waals surface area contributed by atoms with Gasteiger partial charge in [0.2, 0.25) is 0 Å². The van der Waals surface area contributed by atoms with Crippen LogP contribution in [0.3, 0.4) is 0 Å². The van der Waals surface area contributed by atoms with Gasteiger partial charge in [0, 0.05) is 6.07 Å². The Morgan fingerprint density at radius 1 is 1.60 bits per heavy atom.